The van der Waals surface area contributed by atoms with E-state index in [1.807, 2.05) is 30.3 Å². The number of hydrogen-bond acceptors (Lipinski definition) is 4. The molecule has 2 aromatic carbocycles. The lowest BCUT2D eigenvalue weighted by Gasteiger charge is -2.29. The molecule has 0 radical (unpaired) electrons. The molecular weight excluding hydrogens is 372 g/mol. The van der Waals surface area contributed by atoms with Crippen LogP contribution in [0.5, 0.6) is 0 Å². The summed E-state index contributed by atoms with van der Waals surface area (Å²) in [6, 6.07) is 14.7. The van der Waals surface area contributed by atoms with E-state index in [0.29, 0.717) is 16.8 Å². The van der Waals surface area contributed by atoms with Gasteiger partial charge in [-0.2, -0.15) is 0 Å². The maximum absolute atomic E-state index is 12.8. The molecule has 4 rings (SSSR count). The van der Waals surface area contributed by atoms with Crippen molar-refractivity contribution in [2.24, 2.45) is 0 Å². The summed E-state index contributed by atoms with van der Waals surface area (Å²) in [6.45, 7) is 0. The van der Waals surface area contributed by atoms with Crippen LogP contribution in [0.1, 0.15) is 52.8 Å². The van der Waals surface area contributed by atoms with Gasteiger partial charge in [0.2, 0.25) is 5.91 Å². The number of nitrogens with zero attached hydrogens (tertiary/aromatic N) is 1. The maximum Gasteiger partial charge on any atom is 0.261 e. The third-order valence-electron chi connectivity index (χ3n) is 5.25. The number of carbonyl (C=O) groups excluding carboxylic acids is 3. The van der Waals surface area contributed by atoms with Crippen LogP contribution in [-0.2, 0) is 4.79 Å². The molecule has 0 spiro atoms. The maximum atomic E-state index is 12.8. The van der Waals surface area contributed by atoms with Crippen LogP contribution in [0.4, 0.5) is 5.69 Å². The van der Waals surface area contributed by atoms with Crippen molar-refractivity contribution in [1.82, 2.24) is 4.90 Å². The number of rotatable bonds is 5. The third kappa shape index (κ3) is 3.83. The molecule has 1 aliphatic carbocycles. The van der Waals surface area contributed by atoms with Crippen LogP contribution >= 0.6 is 11.8 Å². The molecule has 0 aromatic heterocycles. The van der Waals surface area contributed by atoms with Crippen LogP contribution < -0.4 is 5.32 Å². The van der Waals surface area contributed by atoms with Crippen LogP contribution in [0, 0.1) is 0 Å². The molecule has 0 unspecified atom stereocenters. The SMILES string of the molecule is O=C(CSc1ccccc1)Nc1ccc2c(c1)C(=O)N(C1CCCCC1)C2=O. The minimum atomic E-state index is -0.235. The molecular formula is C22H22N2O3S. The first-order valence-corrected chi connectivity index (χ1v) is 10.6. The first-order chi connectivity index (χ1) is 13.6. The average molecular weight is 394 g/mol. The minimum Gasteiger partial charge on any atom is -0.325 e. The molecule has 1 saturated carbocycles. The van der Waals surface area contributed by atoms with Gasteiger partial charge in [0.05, 0.1) is 16.9 Å². The number of thioether (sulfide) groups is 1. The fourth-order valence-electron chi connectivity index (χ4n) is 3.87. The second-order valence-corrected chi connectivity index (χ2v) is 8.23. The number of carbonyl (C=O) groups is 3. The van der Waals surface area contributed by atoms with Crippen LogP contribution in [-0.4, -0.2) is 34.4 Å². The van der Waals surface area contributed by atoms with Crippen molar-refractivity contribution in [2.75, 3.05) is 11.1 Å². The van der Waals surface area contributed by atoms with Crippen molar-refractivity contribution in [3.05, 3.63) is 59.7 Å². The summed E-state index contributed by atoms with van der Waals surface area (Å²) >= 11 is 1.45. The highest BCUT2D eigenvalue weighted by atomic mass is 32.2. The Kier molecular flexibility index (Phi) is 5.48. The normalized spacial score (nSPS) is 16.9. The zero-order chi connectivity index (χ0) is 19.5. The van der Waals surface area contributed by atoms with Crippen molar-refractivity contribution < 1.29 is 14.4 Å². The average Bonchev–Trinajstić information content (AvgIpc) is 2.98. The minimum absolute atomic E-state index is 0.00136. The summed E-state index contributed by atoms with van der Waals surface area (Å²) in [4.78, 5) is 40.3. The van der Waals surface area contributed by atoms with Gasteiger partial charge in [-0.25, -0.2) is 0 Å². The summed E-state index contributed by atoms with van der Waals surface area (Å²) in [5, 5.41) is 2.83. The molecule has 1 heterocycles. The second-order valence-electron chi connectivity index (χ2n) is 7.18. The van der Waals surface area contributed by atoms with Crippen LogP contribution in [0.2, 0.25) is 0 Å². The van der Waals surface area contributed by atoms with Crippen molar-refractivity contribution in [3.63, 3.8) is 0 Å². The summed E-state index contributed by atoms with van der Waals surface area (Å²) in [5.74, 6) is -0.303. The van der Waals surface area contributed by atoms with Gasteiger partial charge in [0.15, 0.2) is 0 Å². The monoisotopic (exact) mass is 394 g/mol. The lowest BCUT2D eigenvalue weighted by molar-refractivity contribution is -0.113. The number of imide groups is 1. The van der Waals surface area contributed by atoms with E-state index in [1.54, 1.807) is 18.2 Å². The van der Waals surface area contributed by atoms with Gasteiger partial charge in [-0.1, -0.05) is 37.5 Å². The Balaban J connectivity index is 1.43. The quantitative estimate of drug-likeness (QED) is 0.605. The topological polar surface area (TPSA) is 66.5 Å². The molecule has 0 atom stereocenters. The van der Waals surface area contributed by atoms with E-state index in [2.05, 4.69) is 5.32 Å². The van der Waals surface area contributed by atoms with Crippen molar-refractivity contribution in [2.45, 2.75) is 43.0 Å². The van der Waals surface area contributed by atoms with Crippen LogP contribution in [0.25, 0.3) is 0 Å². The molecule has 6 heteroatoms. The number of amides is 3. The zero-order valence-electron chi connectivity index (χ0n) is 15.5. The summed E-state index contributed by atoms with van der Waals surface area (Å²) < 4.78 is 0. The number of hydrogen-bond donors (Lipinski definition) is 1. The predicted molar refractivity (Wildman–Crippen MR) is 110 cm³/mol. The number of anilines is 1. The third-order valence-corrected chi connectivity index (χ3v) is 6.27. The van der Waals surface area contributed by atoms with Crippen LogP contribution in [0.3, 0.4) is 0 Å². The second kappa shape index (κ2) is 8.19. The summed E-state index contributed by atoms with van der Waals surface area (Å²) in [6.07, 6.45) is 5.03. The first kappa shape index (κ1) is 18.7. The first-order valence-electron chi connectivity index (χ1n) is 9.63. The molecule has 1 aliphatic heterocycles. The molecule has 144 valence electrons. The summed E-state index contributed by atoms with van der Waals surface area (Å²) in [5.41, 5.74) is 1.38. The van der Waals surface area contributed by atoms with Gasteiger partial charge in [-0.05, 0) is 43.2 Å². The largest absolute Gasteiger partial charge is 0.325 e. The Morgan fingerprint density at radius 3 is 2.43 bits per heavy atom. The highest BCUT2D eigenvalue weighted by Gasteiger charge is 2.40. The van der Waals surface area contributed by atoms with Crippen LogP contribution in [0.15, 0.2) is 53.4 Å². The predicted octanol–water partition coefficient (Wildman–Crippen LogP) is 4.35. The number of nitrogens with one attached hydrogen (secondary N) is 1. The van der Waals surface area contributed by atoms with Gasteiger partial charge >= 0.3 is 0 Å². The van der Waals surface area contributed by atoms with Gasteiger partial charge in [-0.15, -0.1) is 11.8 Å². The number of fused-ring (bicyclic) bond motifs is 1. The van der Waals surface area contributed by atoms with E-state index in [0.717, 1.165) is 37.0 Å². The van der Waals surface area contributed by atoms with Gasteiger partial charge in [0, 0.05) is 16.6 Å². The number of benzene rings is 2. The Hall–Kier alpha value is -2.60. The van der Waals surface area contributed by atoms with Gasteiger partial charge in [0.1, 0.15) is 0 Å². The molecule has 2 aliphatic rings. The highest BCUT2D eigenvalue weighted by molar-refractivity contribution is 8.00. The fraction of sp³-hybridized carbons (Fsp3) is 0.318. The standard InChI is InChI=1S/C22H22N2O3S/c25-20(14-28-17-9-5-2-6-10-17)23-15-11-12-18-19(13-15)22(27)24(21(18)26)16-7-3-1-4-8-16/h2,5-6,9-13,16H,1,3-4,7-8,14H2,(H,23,25). The van der Waals surface area contributed by atoms with E-state index in [9.17, 15) is 14.4 Å². The Bertz CT molecular complexity index is 907. The molecule has 3 amide bonds. The molecule has 5 nitrogen and oxygen atoms in total. The van der Waals surface area contributed by atoms with Gasteiger partial charge in [0.25, 0.3) is 11.8 Å². The highest BCUT2D eigenvalue weighted by Crippen LogP contribution is 2.32. The molecule has 1 N–H and O–H groups in total. The van der Waals surface area contributed by atoms with Crippen molar-refractivity contribution >= 4 is 35.2 Å². The molecule has 1 fully saturated rings. The molecule has 0 bridgehead atoms. The smallest absolute Gasteiger partial charge is 0.261 e. The zero-order valence-corrected chi connectivity index (χ0v) is 16.3. The van der Waals surface area contributed by atoms with E-state index >= 15 is 0 Å². The van der Waals surface area contributed by atoms with Gasteiger partial charge in [-0.3, -0.25) is 19.3 Å². The lowest BCUT2D eigenvalue weighted by Crippen LogP contribution is -2.40. The Morgan fingerprint density at radius 1 is 0.964 bits per heavy atom. The Labute approximate surface area is 168 Å². The molecule has 0 saturated heterocycles. The summed E-state index contributed by atoms with van der Waals surface area (Å²) in [7, 11) is 0. The molecule has 28 heavy (non-hydrogen) atoms. The van der Waals surface area contributed by atoms with E-state index < -0.39 is 0 Å². The van der Waals surface area contributed by atoms with Crippen molar-refractivity contribution in [1.29, 1.82) is 0 Å². The lowest BCUT2D eigenvalue weighted by atomic mass is 9.94. The van der Waals surface area contributed by atoms with Gasteiger partial charge < -0.3 is 5.32 Å². The van der Waals surface area contributed by atoms with E-state index in [4.69, 9.17) is 0 Å². The van der Waals surface area contributed by atoms with Crippen molar-refractivity contribution in [3.8, 4) is 0 Å². The fourth-order valence-corrected chi connectivity index (χ4v) is 4.59. The molecule has 2 aromatic rings. The van der Waals surface area contributed by atoms with E-state index in [1.165, 1.54) is 16.7 Å². The Morgan fingerprint density at radius 2 is 1.68 bits per heavy atom. The van der Waals surface area contributed by atoms with E-state index in [-0.39, 0.29) is 29.5 Å².